The lowest BCUT2D eigenvalue weighted by Gasteiger charge is -2.39. The topological polar surface area (TPSA) is 23.6 Å². The van der Waals surface area contributed by atoms with Crippen LogP contribution in [0.5, 0.6) is 0 Å². The maximum absolute atomic E-state index is 12.3. The number of piperidine rings is 1. The van der Waals surface area contributed by atoms with Crippen molar-refractivity contribution in [1.29, 1.82) is 0 Å². The number of para-hydroxylation sites is 1. The van der Waals surface area contributed by atoms with Crippen molar-refractivity contribution in [2.45, 2.75) is 31.1 Å². The third-order valence-electron chi connectivity index (χ3n) is 6.61. The molecule has 1 amide bonds. The minimum absolute atomic E-state index is 0. The van der Waals surface area contributed by atoms with Crippen LogP contribution < -0.4 is 4.90 Å². The zero-order valence-electron chi connectivity index (χ0n) is 16.1. The van der Waals surface area contributed by atoms with Gasteiger partial charge in [-0.05, 0) is 61.7 Å². The SMILES string of the molecule is Cl.O=C1Cc2ccccc2N1CCCN1CCC2(C=Cc3ccccc32)CC1. The Morgan fingerprint density at radius 3 is 2.54 bits per heavy atom. The number of carbonyl (C=O) groups excluding carboxylic acids is 1. The van der Waals surface area contributed by atoms with Gasteiger partial charge in [-0.2, -0.15) is 0 Å². The maximum atomic E-state index is 12.3. The molecule has 0 radical (unpaired) electrons. The van der Waals surface area contributed by atoms with Gasteiger partial charge < -0.3 is 9.80 Å². The molecular weight excluding hydrogens is 368 g/mol. The Morgan fingerprint density at radius 2 is 1.68 bits per heavy atom. The highest BCUT2D eigenvalue weighted by Gasteiger charge is 2.37. The summed E-state index contributed by atoms with van der Waals surface area (Å²) in [7, 11) is 0. The van der Waals surface area contributed by atoms with Gasteiger partial charge in [-0.1, -0.05) is 54.6 Å². The van der Waals surface area contributed by atoms with Crippen LogP contribution in [0.25, 0.3) is 6.08 Å². The van der Waals surface area contributed by atoms with Crippen LogP contribution in [-0.2, 0) is 16.6 Å². The smallest absolute Gasteiger partial charge is 0.231 e. The van der Waals surface area contributed by atoms with E-state index in [1.54, 1.807) is 0 Å². The second kappa shape index (κ2) is 7.73. The maximum Gasteiger partial charge on any atom is 0.231 e. The largest absolute Gasteiger partial charge is 0.312 e. The Morgan fingerprint density at radius 1 is 0.929 bits per heavy atom. The molecule has 0 saturated carbocycles. The Kier molecular flexibility index (Phi) is 5.31. The van der Waals surface area contributed by atoms with E-state index in [9.17, 15) is 4.79 Å². The van der Waals surface area contributed by atoms with E-state index in [0.29, 0.717) is 6.42 Å². The fourth-order valence-electron chi connectivity index (χ4n) is 5.06. The number of rotatable bonds is 4. The third kappa shape index (κ3) is 3.27. The molecule has 0 aromatic heterocycles. The summed E-state index contributed by atoms with van der Waals surface area (Å²) in [5.74, 6) is 0.251. The van der Waals surface area contributed by atoms with E-state index in [1.807, 2.05) is 17.0 Å². The Bertz CT molecular complexity index is 899. The van der Waals surface area contributed by atoms with Gasteiger partial charge in [0.1, 0.15) is 0 Å². The van der Waals surface area contributed by atoms with Gasteiger partial charge in [0.05, 0.1) is 6.42 Å². The fourth-order valence-corrected chi connectivity index (χ4v) is 5.06. The first-order valence-electron chi connectivity index (χ1n) is 10.1. The molecule has 3 nitrogen and oxygen atoms in total. The van der Waals surface area contributed by atoms with E-state index < -0.39 is 0 Å². The molecule has 1 aliphatic carbocycles. The van der Waals surface area contributed by atoms with Crippen molar-refractivity contribution >= 4 is 30.1 Å². The van der Waals surface area contributed by atoms with Crippen LogP contribution in [0.15, 0.2) is 54.6 Å². The molecular formula is C24H27ClN2O. The van der Waals surface area contributed by atoms with Crippen molar-refractivity contribution in [1.82, 2.24) is 4.90 Å². The highest BCUT2D eigenvalue weighted by molar-refractivity contribution is 6.01. The summed E-state index contributed by atoms with van der Waals surface area (Å²) < 4.78 is 0. The summed E-state index contributed by atoms with van der Waals surface area (Å²) in [4.78, 5) is 16.9. The second-order valence-corrected chi connectivity index (χ2v) is 8.12. The minimum atomic E-state index is 0. The first-order chi connectivity index (χ1) is 13.3. The quantitative estimate of drug-likeness (QED) is 0.764. The lowest BCUT2D eigenvalue weighted by Crippen LogP contribution is -2.42. The number of anilines is 1. The molecule has 0 bridgehead atoms. The number of benzene rings is 2. The van der Waals surface area contributed by atoms with E-state index in [0.717, 1.165) is 38.3 Å². The minimum Gasteiger partial charge on any atom is -0.312 e. The van der Waals surface area contributed by atoms with Crippen LogP contribution in [-0.4, -0.2) is 37.0 Å². The molecule has 0 N–H and O–H groups in total. The first-order valence-corrected chi connectivity index (χ1v) is 10.1. The molecule has 28 heavy (non-hydrogen) atoms. The van der Waals surface area contributed by atoms with Crippen molar-refractivity contribution in [3.05, 3.63) is 71.3 Å². The molecule has 2 heterocycles. The van der Waals surface area contributed by atoms with Crippen LogP contribution in [0.4, 0.5) is 5.69 Å². The first kappa shape index (κ1) is 19.2. The van der Waals surface area contributed by atoms with Gasteiger partial charge >= 0.3 is 0 Å². The Labute approximate surface area is 173 Å². The lowest BCUT2D eigenvalue weighted by atomic mass is 9.74. The summed E-state index contributed by atoms with van der Waals surface area (Å²) in [5.41, 5.74) is 5.47. The van der Waals surface area contributed by atoms with E-state index >= 15 is 0 Å². The number of halogens is 1. The van der Waals surface area contributed by atoms with E-state index in [2.05, 4.69) is 53.5 Å². The number of fused-ring (bicyclic) bond motifs is 3. The van der Waals surface area contributed by atoms with Crippen molar-refractivity contribution in [3.8, 4) is 0 Å². The zero-order valence-corrected chi connectivity index (χ0v) is 17.0. The van der Waals surface area contributed by atoms with Gasteiger partial charge in [0.25, 0.3) is 0 Å². The van der Waals surface area contributed by atoms with Gasteiger partial charge in [0.2, 0.25) is 5.91 Å². The highest BCUT2D eigenvalue weighted by Crippen LogP contribution is 2.43. The summed E-state index contributed by atoms with van der Waals surface area (Å²) in [6.45, 7) is 4.19. The number of allylic oxidation sites excluding steroid dienone is 1. The molecule has 0 atom stereocenters. The molecule has 0 unspecified atom stereocenters. The van der Waals surface area contributed by atoms with Crippen molar-refractivity contribution < 1.29 is 4.79 Å². The molecule has 3 aliphatic rings. The van der Waals surface area contributed by atoms with Gasteiger partial charge in [-0.25, -0.2) is 0 Å². The van der Waals surface area contributed by atoms with Crippen LogP contribution in [0.3, 0.4) is 0 Å². The summed E-state index contributed by atoms with van der Waals surface area (Å²) in [5, 5.41) is 0. The normalized spacial score (nSPS) is 19.6. The average molecular weight is 395 g/mol. The van der Waals surface area contributed by atoms with E-state index in [4.69, 9.17) is 0 Å². The summed E-state index contributed by atoms with van der Waals surface area (Å²) >= 11 is 0. The molecule has 2 aromatic carbocycles. The Hall–Kier alpha value is -2.10. The highest BCUT2D eigenvalue weighted by atomic mass is 35.5. The predicted molar refractivity (Wildman–Crippen MR) is 117 cm³/mol. The molecule has 2 aromatic rings. The molecule has 146 valence electrons. The van der Waals surface area contributed by atoms with Gasteiger partial charge in [-0.3, -0.25) is 4.79 Å². The monoisotopic (exact) mass is 394 g/mol. The molecule has 5 rings (SSSR count). The second-order valence-electron chi connectivity index (χ2n) is 8.12. The van der Waals surface area contributed by atoms with Crippen molar-refractivity contribution in [2.75, 3.05) is 31.1 Å². The standard InChI is InChI=1S/C24H26N2O.ClH/c27-23-18-20-7-2-4-9-22(20)26(23)15-5-14-25-16-12-24(13-17-25)11-10-19-6-1-3-8-21(19)24;/h1-4,6-11H,5,12-18H2;1H. The number of nitrogens with zero attached hydrogens (tertiary/aromatic N) is 2. The van der Waals surface area contributed by atoms with Crippen LogP contribution in [0.1, 0.15) is 36.0 Å². The predicted octanol–water partition coefficient (Wildman–Crippen LogP) is 4.45. The summed E-state index contributed by atoms with van der Waals surface area (Å²) in [6.07, 6.45) is 8.75. The molecule has 4 heteroatoms. The van der Waals surface area contributed by atoms with E-state index in [1.165, 1.54) is 29.5 Å². The molecule has 1 fully saturated rings. The van der Waals surface area contributed by atoms with Crippen molar-refractivity contribution in [3.63, 3.8) is 0 Å². The molecule has 1 spiro atoms. The number of hydrogen-bond donors (Lipinski definition) is 0. The molecule has 2 aliphatic heterocycles. The lowest BCUT2D eigenvalue weighted by molar-refractivity contribution is -0.117. The number of hydrogen-bond acceptors (Lipinski definition) is 2. The van der Waals surface area contributed by atoms with Gasteiger partial charge in [0.15, 0.2) is 0 Å². The number of carbonyl (C=O) groups is 1. The van der Waals surface area contributed by atoms with Crippen LogP contribution in [0.2, 0.25) is 0 Å². The Balaban J connectivity index is 0.00000192. The number of likely N-dealkylation sites (tertiary alicyclic amines) is 1. The average Bonchev–Trinajstić information content (AvgIpc) is 3.22. The van der Waals surface area contributed by atoms with Crippen LogP contribution >= 0.6 is 12.4 Å². The van der Waals surface area contributed by atoms with E-state index in [-0.39, 0.29) is 23.7 Å². The van der Waals surface area contributed by atoms with Crippen molar-refractivity contribution in [2.24, 2.45) is 0 Å². The summed E-state index contributed by atoms with van der Waals surface area (Å²) in [6, 6.07) is 17.1. The van der Waals surface area contributed by atoms with Crippen LogP contribution in [0, 0.1) is 0 Å². The van der Waals surface area contributed by atoms with Gasteiger partial charge in [0, 0.05) is 17.6 Å². The zero-order chi connectivity index (χ0) is 18.3. The molecule has 1 saturated heterocycles. The third-order valence-corrected chi connectivity index (χ3v) is 6.61. The fraction of sp³-hybridized carbons (Fsp3) is 0.375. The van der Waals surface area contributed by atoms with Gasteiger partial charge in [-0.15, -0.1) is 12.4 Å². The number of amides is 1.